The van der Waals surface area contributed by atoms with Crippen molar-refractivity contribution in [2.45, 2.75) is 32.4 Å². The van der Waals surface area contributed by atoms with Gasteiger partial charge in [0.2, 0.25) is 0 Å². The number of piperazine rings is 1. The van der Waals surface area contributed by atoms with E-state index in [1.54, 1.807) is 20.8 Å². The molecule has 1 aliphatic rings. The maximum atomic E-state index is 11.8. The summed E-state index contributed by atoms with van der Waals surface area (Å²) in [5, 5.41) is 8.88. The van der Waals surface area contributed by atoms with Crippen molar-refractivity contribution >= 4 is 18.3 Å². The maximum absolute atomic E-state index is 11.8. The molecule has 1 aliphatic heterocycles. The van der Waals surface area contributed by atoms with E-state index < -0.39 is 23.7 Å². The molecular weight excluding hydrogens is 252 g/mol. The number of carbonyl (C=O) groups is 3. The Balaban J connectivity index is 2.51. The summed E-state index contributed by atoms with van der Waals surface area (Å²) in [5.41, 5.74) is -0.555. The molecule has 0 bridgehead atoms. The van der Waals surface area contributed by atoms with E-state index in [1.807, 2.05) is 0 Å². The number of nitrogens with zero attached hydrogens (tertiary/aromatic N) is 2. The summed E-state index contributed by atoms with van der Waals surface area (Å²) in [5.74, 6) is -1.17. The largest absolute Gasteiger partial charge is 0.480 e. The van der Waals surface area contributed by atoms with E-state index in [-0.39, 0.29) is 0 Å². The smallest absolute Gasteiger partial charge is 0.410 e. The zero-order valence-electron chi connectivity index (χ0n) is 11.5. The number of aldehydes is 1. The van der Waals surface area contributed by atoms with Crippen LogP contribution < -0.4 is 0 Å². The Hall–Kier alpha value is -1.63. The quantitative estimate of drug-likeness (QED) is 0.583. The maximum Gasteiger partial charge on any atom is 0.410 e. The summed E-state index contributed by atoms with van der Waals surface area (Å²) in [6.07, 6.45) is -0.00372. The Labute approximate surface area is 112 Å². The third-order valence-corrected chi connectivity index (χ3v) is 2.74. The van der Waals surface area contributed by atoms with Crippen LogP contribution in [0, 0.1) is 0 Å². The van der Waals surface area contributed by atoms with E-state index in [2.05, 4.69) is 0 Å². The Morgan fingerprint density at radius 2 is 1.74 bits per heavy atom. The number of carbonyl (C=O) groups excluding carboxylic acids is 2. The molecule has 0 aliphatic carbocycles. The summed E-state index contributed by atoms with van der Waals surface area (Å²) in [6.45, 7) is 6.75. The number of hydrogen-bond donors (Lipinski definition) is 1. The highest BCUT2D eigenvalue weighted by molar-refractivity contribution is 5.90. The summed E-state index contributed by atoms with van der Waals surface area (Å²) < 4.78 is 5.23. The van der Waals surface area contributed by atoms with Gasteiger partial charge >= 0.3 is 12.1 Å². The predicted molar refractivity (Wildman–Crippen MR) is 66.9 cm³/mol. The molecular formula is C12H20N2O5. The van der Waals surface area contributed by atoms with Gasteiger partial charge in [0, 0.05) is 26.2 Å². The molecule has 7 heteroatoms. The molecule has 1 rings (SSSR count). The van der Waals surface area contributed by atoms with Crippen LogP contribution in [0.2, 0.25) is 0 Å². The van der Waals surface area contributed by atoms with E-state index >= 15 is 0 Å². The molecule has 1 atom stereocenters. The Kier molecular flexibility index (Phi) is 4.88. The Morgan fingerprint density at radius 3 is 2.11 bits per heavy atom. The van der Waals surface area contributed by atoms with Crippen molar-refractivity contribution in [1.82, 2.24) is 9.80 Å². The van der Waals surface area contributed by atoms with Gasteiger partial charge in [-0.3, -0.25) is 9.69 Å². The van der Waals surface area contributed by atoms with Crippen molar-refractivity contribution in [2.24, 2.45) is 0 Å². The van der Waals surface area contributed by atoms with E-state index in [1.165, 1.54) is 9.80 Å². The second kappa shape index (κ2) is 6.01. The topological polar surface area (TPSA) is 87.2 Å². The standard InChI is InChI=1S/C12H20N2O5/c1-12(2,3)19-11(18)14-6-4-13(5-7-14)9(8-15)10(16)17/h8-9H,4-7H2,1-3H3,(H,16,17). The number of hydrogen-bond acceptors (Lipinski definition) is 5. The van der Waals surface area contributed by atoms with Crippen molar-refractivity contribution in [3.05, 3.63) is 0 Å². The normalized spacial score (nSPS) is 18.8. The van der Waals surface area contributed by atoms with E-state index in [4.69, 9.17) is 9.84 Å². The van der Waals surface area contributed by atoms with E-state index in [0.717, 1.165) is 0 Å². The number of carboxylic acid groups (broad SMARTS) is 1. The van der Waals surface area contributed by atoms with Gasteiger partial charge in [0.15, 0.2) is 6.04 Å². The highest BCUT2D eigenvalue weighted by atomic mass is 16.6. The molecule has 0 radical (unpaired) electrons. The number of ether oxygens (including phenoxy) is 1. The van der Waals surface area contributed by atoms with Crippen LogP contribution in [-0.4, -0.2) is 71.1 Å². The first-order valence-electron chi connectivity index (χ1n) is 6.14. The van der Waals surface area contributed by atoms with Crippen molar-refractivity contribution in [3.8, 4) is 0 Å². The monoisotopic (exact) mass is 272 g/mol. The molecule has 1 unspecified atom stereocenters. The average Bonchev–Trinajstić information content (AvgIpc) is 2.28. The zero-order chi connectivity index (χ0) is 14.6. The van der Waals surface area contributed by atoms with Crippen LogP contribution in [0.3, 0.4) is 0 Å². The fraction of sp³-hybridized carbons (Fsp3) is 0.750. The lowest BCUT2D eigenvalue weighted by molar-refractivity contribution is -0.145. The van der Waals surface area contributed by atoms with Crippen LogP contribution in [0.15, 0.2) is 0 Å². The van der Waals surface area contributed by atoms with Gasteiger partial charge in [-0.2, -0.15) is 0 Å². The highest BCUT2D eigenvalue weighted by Crippen LogP contribution is 2.12. The lowest BCUT2D eigenvalue weighted by Gasteiger charge is -2.36. The van der Waals surface area contributed by atoms with Crippen molar-refractivity contribution in [2.75, 3.05) is 26.2 Å². The summed E-state index contributed by atoms with van der Waals surface area (Å²) in [6, 6.07) is -1.14. The van der Waals surface area contributed by atoms with Gasteiger partial charge in [-0.1, -0.05) is 0 Å². The SMILES string of the molecule is CC(C)(C)OC(=O)N1CCN(C(C=O)C(=O)O)CC1. The van der Waals surface area contributed by atoms with Crippen LogP contribution >= 0.6 is 0 Å². The van der Waals surface area contributed by atoms with Gasteiger partial charge in [-0.05, 0) is 20.8 Å². The zero-order valence-corrected chi connectivity index (χ0v) is 11.5. The lowest BCUT2D eigenvalue weighted by Crippen LogP contribution is -2.55. The molecule has 0 aromatic rings. The third-order valence-electron chi connectivity index (χ3n) is 2.74. The molecule has 1 N–H and O–H groups in total. The number of aliphatic carboxylic acids is 1. The first-order valence-corrected chi connectivity index (χ1v) is 6.14. The second-order valence-corrected chi connectivity index (χ2v) is 5.42. The molecule has 1 heterocycles. The lowest BCUT2D eigenvalue weighted by atomic mass is 10.2. The van der Waals surface area contributed by atoms with Crippen LogP contribution in [0.5, 0.6) is 0 Å². The van der Waals surface area contributed by atoms with E-state index in [9.17, 15) is 14.4 Å². The van der Waals surface area contributed by atoms with Crippen molar-refractivity contribution < 1.29 is 24.2 Å². The van der Waals surface area contributed by atoms with Crippen LogP contribution in [-0.2, 0) is 14.3 Å². The molecule has 1 saturated heterocycles. The molecule has 19 heavy (non-hydrogen) atoms. The minimum absolute atomic E-state index is 0.342. The molecule has 108 valence electrons. The van der Waals surface area contributed by atoms with Crippen LogP contribution in [0.25, 0.3) is 0 Å². The average molecular weight is 272 g/mol. The van der Waals surface area contributed by atoms with Crippen LogP contribution in [0.4, 0.5) is 4.79 Å². The van der Waals surface area contributed by atoms with Gasteiger partial charge in [0.05, 0.1) is 0 Å². The predicted octanol–water partition coefficient (Wildman–Crippen LogP) is 0.191. The second-order valence-electron chi connectivity index (χ2n) is 5.42. The Bertz CT molecular complexity index is 356. The van der Waals surface area contributed by atoms with Crippen molar-refractivity contribution in [3.63, 3.8) is 0 Å². The number of rotatable bonds is 3. The molecule has 0 saturated carbocycles. The van der Waals surface area contributed by atoms with Crippen LogP contribution in [0.1, 0.15) is 20.8 Å². The van der Waals surface area contributed by atoms with Gasteiger partial charge in [-0.15, -0.1) is 0 Å². The molecule has 0 aromatic heterocycles. The third kappa shape index (κ3) is 4.51. The van der Waals surface area contributed by atoms with Gasteiger partial charge < -0.3 is 19.5 Å². The molecule has 1 fully saturated rings. The van der Waals surface area contributed by atoms with Gasteiger partial charge in [0.1, 0.15) is 11.9 Å². The Morgan fingerprint density at radius 1 is 1.21 bits per heavy atom. The molecule has 0 spiro atoms. The summed E-state index contributed by atoms with van der Waals surface area (Å²) >= 11 is 0. The molecule has 0 aromatic carbocycles. The fourth-order valence-electron chi connectivity index (χ4n) is 1.81. The first-order chi connectivity index (χ1) is 8.74. The first kappa shape index (κ1) is 15.4. The van der Waals surface area contributed by atoms with Gasteiger partial charge in [0.25, 0.3) is 0 Å². The minimum atomic E-state index is -1.17. The number of carboxylic acids is 1. The van der Waals surface area contributed by atoms with Gasteiger partial charge in [-0.25, -0.2) is 4.79 Å². The number of amides is 1. The summed E-state index contributed by atoms with van der Waals surface area (Å²) in [7, 11) is 0. The fourth-order valence-corrected chi connectivity index (χ4v) is 1.81. The van der Waals surface area contributed by atoms with E-state index in [0.29, 0.717) is 32.5 Å². The molecule has 7 nitrogen and oxygen atoms in total. The highest BCUT2D eigenvalue weighted by Gasteiger charge is 2.31. The minimum Gasteiger partial charge on any atom is -0.480 e. The van der Waals surface area contributed by atoms with Crippen molar-refractivity contribution in [1.29, 1.82) is 0 Å². The summed E-state index contributed by atoms with van der Waals surface area (Å²) in [4.78, 5) is 36.4. The molecule has 1 amide bonds.